The van der Waals surface area contributed by atoms with E-state index in [1.807, 2.05) is 6.07 Å². The number of rotatable bonds is 5. The van der Waals surface area contributed by atoms with E-state index < -0.39 is 10.0 Å². The third kappa shape index (κ3) is 3.14. The fourth-order valence-corrected chi connectivity index (χ4v) is 3.55. The van der Waals surface area contributed by atoms with Crippen molar-refractivity contribution in [3.8, 4) is 0 Å². The monoisotopic (exact) mass is 283 g/mol. The first-order valence-electron chi connectivity index (χ1n) is 5.28. The summed E-state index contributed by atoms with van der Waals surface area (Å²) in [7, 11) is -3.47. The zero-order valence-electron chi connectivity index (χ0n) is 9.54. The number of pyridine rings is 1. The molecule has 0 aliphatic heterocycles. The standard InChI is InChI=1S/C11H13N3O2S2/c12-5-10-4-11(8-17-10)18(15,16)14-7-9-2-1-3-13-6-9/h1-4,6,8,14H,5,7,12H2. The second kappa shape index (κ2) is 5.57. The normalized spacial score (nSPS) is 11.6. The van der Waals surface area contributed by atoms with Gasteiger partial charge in [-0.15, -0.1) is 11.3 Å². The molecule has 0 amide bonds. The molecule has 2 aromatic rings. The van der Waals surface area contributed by atoms with Gasteiger partial charge in [0.1, 0.15) is 0 Å². The van der Waals surface area contributed by atoms with Gasteiger partial charge in [-0.25, -0.2) is 13.1 Å². The van der Waals surface area contributed by atoms with Crippen molar-refractivity contribution < 1.29 is 8.42 Å². The van der Waals surface area contributed by atoms with Gasteiger partial charge in [0.15, 0.2) is 0 Å². The number of nitrogens with two attached hydrogens (primary N) is 1. The molecule has 0 unspecified atom stereocenters. The molecule has 0 atom stereocenters. The van der Waals surface area contributed by atoms with Crippen LogP contribution in [0.4, 0.5) is 0 Å². The minimum Gasteiger partial charge on any atom is -0.326 e. The SMILES string of the molecule is NCc1cc(S(=O)(=O)NCc2cccnc2)cs1. The van der Waals surface area contributed by atoms with Crippen LogP contribution in [-0.4, -0.2) is 13.4 Å². The van der Waals surface area contributed by atoms with Crippen LogP contribution in [0.5, 0.6) is 0 Å². The van der Waals surface area contributed by atoms with Gasteiger partial charge in [-0.1, -0.05) is 6.07 Å². The first-order valence-corrected chi connectivity index (χ1v) is 7.64. The average molecular weight is 283 g/mol. The maximum atomic E-state index is 12.0. The highest BCUT2D eigenvalue weighted by atomic mass is 32.2. The quantitative estimate of drug-likeness (QED) is 0.860. The van der Waals surface area contributed by atoms with Gasteiger partial charge < -0.3 is 5.73 Å². The number of hydrogen-bond acceptors (Lipinski definition) is 5. The number of thiophene rings is 1. The Hall–Kier alpha value is -1.28. The van der Waals surface area contributed by atoms with Gasteiger partial charge >= 0.3 is 0 Å². The van der Waals surface area contributed by atoms with Crippen molar-refractivity contribution >= 4 is 21.4 Å². The minimum atomic E-state index is -3.47. The van der Waals surface area contributed by atoms with Gasteiger partial charge in [-0.2, -0.15) is 0 Å². The molecule has 0 saturated heterocycles. The summed E-state index contributed by atoms with van der Waals surface area (Å²) in [6.45, 7) is 0.576. The van der Waals surface area contributed by atoms with Crippen molar-refractivity contribution in [1.29, 1.82) is 0 Å². The molecular formula is C11H13N3O2S2. The van der Waals surface area contributed by atoms with E-state index in [2.05, 4.69) is 9.71 Å². The second-order valence-corrected chi connectivity index (χ2v) is 6.40. The number of nitrogens with one attached hydrogen (secondary N) is 1. The van der Waals surface area contributed by atoms with Crippen LogP contribution >= 0.6 is 11.3 Å². The molecule has 0 bridgehead atoms. The van der Waals surface area contributed by atoms with Crippen LogP contribution in [0.1, 0.15) is 10.4 Å². The van der Waals surface area contributed by atoms with Crippen molar-refractivity contribution in [3.05, 3.63) is 46.4 Å². The van der Waals surface area contributed by atoms with Crippen LogP contribution in [0.25, 0.3) is 0 Å². The summed E-state index contributed by atoms with van der Waals surface area (Å²) in [5.74, 6) is 0. The fraction of sp³-hybridized carbons (Fsp3) is 0.182. The van der Waals surface area contributed by atoms with E-state index in [0.29, 0.717) is 6.54 Å². The number of hydrogen-bond donors (Lipinski definition) is 2. The van der Waals surface area contributed by atoms with E-state index in [0.717, 1.165) is 10.4 Å². The van der Waals surface area contributed by atoms with Crippen LogP contribution in [-0.2, 0) is 23.1 Å². The molecule has 18 heavy (non-hydrogen) atoms. The highest BCUT2D eigenvalue weighted by molar-refractivity contribution is 7.89. The molecule has 5 nitrogen and oxygen atoms in total. The first kappa shape index (κ1) is 13.2. The summed E-state index contributed by atoms with van der Waals surface area (Å²) in [5, 5.41) is 1.59. The predicted molar refractivity (Wildman–Crippen MR) is 70.5 cm³/mol. The Kier molecular flexibility index (Phi) is 4.07. The maximum Gasteiger partial charge on any atom is 0.241 e. The van der Waals surface area contributed by atoms with Gasteiger partial charge in [-0.3, -0.25) is 4.98 Å². The van der Waals surface area contributed by atoms with Crippen LogP contribution in [0, 0.1) is 0 Å². The lowest BCUT2D eigenvalue weighted by atomic mass is 10.3. The van der Waals surface area contributed by atoms with Crippen molar-refractivity contribution in [2.24, 2.45) is 5.73 Å². The van der Waals surface area contributed by atoms with Crippen LogP contribution in [0.15, 0.2) is 40.9 Å². The maximum absolute atomic E-state index is 12.0. The Labute approximate surface area is 110 Å². The van der Waals surface area contributed by atoms with E-state index in [1.165, 1.54) is 11.3 Å². The molecule has 0 radical (unpaired) electrons. The molecular weight excluding hydrogens is 270 g/mol. The van der Waals surface area contributed by atoms with Crippen molar-refractivity contribution in [3.63, 3.8) is 0 Å². The molecule has 3 N–H and O–H groups in total. The van der Waals surface area contributed by atoms with Gasteiger partial charge in [-0.05, 0) is 17.7 Å². The van der Waals surface area contributed by atoms with Crippen LogP contribution < -0.4 is 10.5 Å². The summed E-state index contributed by atoms with van der Waals surface area (Å²) in [6.07, 6.45) is 3.27. The van der Waals surface area contributed by atoms with Crippen molar-refractivity contribution in [2.75, 3.05) is 0 Å². The molecule has 0 aliphatic rings. The summed E-state index contributed by atoms with van der Waals surface area (Å²) >= 11 is 1.34. The van der Waals surface area contributed by atoms with Gasteiger partial charge in [0, 0.05) is 35.7 Å². The molecule has 0 aromatic carbocycles. The summed E-state index contributed by atoms with van der Waals surface area (Å²) < 4.78 is 26.5. The van der Waals surface area contributed by atoms with Crippen molar-refractivity contribution in [2.45, 2.75) is 18.0 Å². The molecule has 7 heteroatoms. The van der Waals surface area contributed by atoms with E-state index >= 15 is 0 Å². The molecule has 0 saturated carbocycles. The second-order valence-electron chi connectivity index (χ2n) is 3.64. The summed E-state index contributed by atoms with van der Waals surface area (Å²) in [5.41, 5.74) is 6.27. The number of nitrogens with zero attached hydrogens (tertiary/aromatic N) is 1. The highest BCUT2D eigenvalue weighted by Crippen LogP contribution is 2.18. The van der Waals surface area contributed by atoms with E-state index in [9.17, 15) is 8.42 Å². The molecule has 2 heterocycles. The van der Waals surface area contributed by atoms with E-state index in [4.69, 9.17) is 5.73 Å². The number of aromatic nitrogens is 1. The molecule has 2 rings (SSSR count). The lowest BCUT2D eigenvalue weighted by Gasteiger charge is -2.04. The Balaban J connectivity index is 2.08. The lowest BCUT2D eigenvalue weighted by Crippen LogP contribution is -2.22. The summed E-state index contributed by atoms with van der Waals surface area (Å²) in [6, 6.07) is 5.17. The third-order valence-corrected chi connectivity index (χ3v) is 4.82. The van der Waals surface area contributed by atoms with Gasteiger partial charge in [0.05, 0.1) is 4.90 Å². The van der Waals surface area contributed by atoms with Gasteiger partial charge in [0.2, 0.25) is 10.0 Å². The minimum absolute atomic E-state index is 0.226. The smallest absolute Gasteiger partial charge is 0.241 e. The average Bonchev–Trinajstić information content (AvgIpc) is 2.87. The topological polar surface area (TPSA) is 85.1 Å². The molecule has 0 spiro atoms. The molecule has 2 aromatic heterocycles. The van der Waals surface area contributed by atoms with E-state index in [1.54, 1.807) is 29.9 Å². The Morgan fingerprint density at radius 3 is 2.89 bits per heavy atom. The highest BCUT2D eigenvalue weighted by Gasteiger charge is 2.15. The summed E-state index contributed by atoms with van der Waals surface area (Å²) in [4.78, 5) is 5.03. The Morgan fingerprint density at radius 2 is 2.28 bits per heavy atom. The predicted octanol–water partition coefficient (Wildman–Crippen LogP) is 1.08. The largest absolute Gasteiger partial charge is 0.326 e. The van der Waals surface area contributed by atoms with Gasteiger partial charge in [0.25, 0.3) is 0 Å². The Morgan fingerprint density at radius 1 is 1.44 bits per heavy atom. The molecule has 0 aliphatic carbocycles. The molecule has 0 fully saturated rings. The first-order chi connectivity index (χ1) is 8.62. The number of sulfonamides is 1. The molecule has 96 valence electrons. The van der Waals surface area contributed by atoms with Crippen molar-refractivity contribution in [1.82, 2.24) is 9.71 Å². The fourth-order valence-electron chi connectivity index (χ4n) is 1.37. The Bertz CT molecular complexity index is 608. The van der Waals surface area contributed by atoms with Crippen LogP contribution in [0.3, 0.4) is 0 Å². The zero-order chi connectivity index (χ0) is 13.0. The lowest BCUT2D eigenvalue weighted by molar-refractivity contribution is 0.581. The van der Waals surface area contributed by atoms with E-state index in [-0.39, 0.29) is 11.4 Å². The zero-order valence-corrected chi connectivity index (χ0v) is 11.2. The van der Waals surface area contributed by atoms with Crippen LogP contribution in [0.2, 0.25) is 0 Å². The third-order valence-electron chi connectivity index (χ3n) is 2.33.